The number of amides is 1. The highest BCUT2D eigenvalue weighted by atomic mass is 16.7. The molecule has 2 aromatic heterocycles. The molecule has 0 fully saturated rings. The minimum Gasteiger partial charge on any atom is -0.454 e. The Morgan fingerprint density at radius 2 is 2.09 bits per heavy atom. The molecule has 0 radical (unpaired) electrons. The van der Waals surface area contributed by atoms with Crippen LogP contribution in [0, 0.1) is 0 Å². The van der Waals surface area contributed by atoms with E-state index in [-0.39, 0.29) is 18.7 Å². The maximum atomic E-state index is 12.4. The van der Waals surface area contributed by atoms with Crippen molar-refractivity contribution in [2.24, 2.45) is 0 Å². The number of rotatable bonds is 3. The molecule has 0 spiro atoms. The van der Waals surface area contributed by atoms with E-state index in [0.29, 0.717) is 22.9 Å². The number of nitrogens with one attached hydrogen (secondary N) is 1. The lowest BCUT2D eigenvalue weighted by Crippen LogP contribution is -2.28. The SMILES string of the molecule is C[C@H](NC(=O)c1ccc2c(c1)OCO2)c1nnc2ccccn12. The summed E-state index contributed by atoms with van der Waals surface area (Å²) in [5.74, 6) is 1.70. The van der Waals surface area contributed by atoms with Gasteiger partial charge in [-0.1, -0.05) is 6.07 Å². The fourth-order valence-electron chi connectivity index (χ4n) is 2.54. The molecule has 1 aliphatic heterocycles. The smallest absolute Gasteiger partial charge is 0.252 e. The van der Waals surface area contributed by atoms with Crippen molar-refractivity contribution in [3.63, 3.8) is 0 Å². The van der Waals surface area contributed by atoms with Crippen LogP contribution in [-0.2, 0) is 0 Å². The number of ether oxygens (including phenoxy) is 2. The third-order valence-corrected chi connectivity index (χ3v) is 3.71. The van der Waals surface area contributed by atoms with Gasteiger partial charge in [0.2, 0.25) is 6.79 Å². The number of benzene rings is 1. The second kappa shape index (κ2) is 5.28. The van der Waals surface area contributed by atoms with E-state index >= 15 is 0 Å². The quantitative estimate of drug-likeness (QED) is 0.800. The van der Waals surface area contributed by atoms with Crippen LogP contribution in [0.4, 0.5) is 0 Å². The van der Waals surface area contributed by atoms with Crippen LogP contribution in [0.25, 0.3) is 5.65 Å². The van der Waals surface area contributed by atoms with Gasteiger partial charge in [-0.15, -0.1) is 10.2 Å². The molecular weight excluding hydrogens is 296 g/mol. The standard InChI is InChI=1S/C16H14N4O3/c1-10(15-19-18-14-4-2-3-7-20(14)15)17-16(21)11-5-6-12-13(8-11)23-9-22-12/h2-8,10H,9H2,1H3,(H,17,21)/t10-/m0/s1. The lowest BCUT2D eigenvalue weighted by atomic mass is 10.1. The molecule has 1 aliphatic rings. The number of nitrogens with zero attached hydrogens (tertiary/aromatic N) is 3. The molecule has 1 atom stereocenters. The summed E-state index contributed by atoms with van der Waals surface area (Å²) in [7, 11) is 0. The molecule has 0 bridgehead atoms. The molecule has 1 amide bonds. The van der Waals surface area contributed by atoms with Gasteiger partial charge in [-0.05, 0) is 37.3 Å². The molecule has 7 heteroatoms. The highest BCUT2D eigenvalue weighted by Gasteiger charge is 2.19. The van der Waals surface area contributed by atoms with E-state index in [9.17, 15) is 4.79 Å². The average Bonchev–Trinajstić information content (AvgIpc) is 3.20. The van der Waals surface area contributed by atoms with Crippen LogP contribution in [0.3, 0.4) is 0 Å². The van der Waals surface area contributed by atoms with Gasteiger partial charge in [-0.2, -0.15) is 0 Å². The molecule has 1 N–H and O–H groups in total. The van der Waals surface area contributed by atoms with Crippen molar-refractivity contribution in [3.05, 3.63) is 54.0 Å². The summed E-state index contributed by atoms with van der Waals surface area (Å²) in [5.41, 5.74) is 1.25. The average molecular weight is 310 g/mol. The predicted molar refractivity (Wildman–Crippen MR) is 81.4 cm³/mol. The number of hydrogen-bond donors (Lipinski definition) is 1. The molecule has 7 nitrogen and oxygen atoms in total. The van der Waals surface area contributed by atoms with Crippen LogP contribution in [-0.4, -0.2) is 27.3 Å². The fraction of sp³-hybridized carbons (Fsp3) is 0.188. The molecule has 3 heterocycles. The van der Waals surface area contributed by atoms with E-state index in [1.807, 2.05) is 35.7 Å². The molecule has 0 unspecified atom stereocenters. The molecule has 0 aliphatic carbocycles. The number of aromatic nitrogens is 3. The Labute approximate surface area is 131 Å². The zero-order chi connectivity index (χ0) is 15.8. The largest absolute Gasteiger partial charge is 0.454 e. The van der Waals surface area contributed by atoms with Crippen molar-refractivity contribution in [3.8, 4) is 11.5 Å². The van der Waals surface area contributed by atoms with Crippen LogP contribution in [0.1, 0.15) is 29.1 Å². The van der Waals surface area contributed by atoms with Crippen LogP contribution in [0.15, 0.2) is 42.6 Å². The lowest BCUT2D eigenvalue weighted by molar-refractivity contribution is 0.0937. The first kappa shape index (κ1) is 13.6. The molecule has 0 saturated carbocycles. The van der Waals surface area contributed by atoms with Gasteiger partial charge in [0.15, 0.2) is 23.0 Å². The Balaban J connectivity index is 1.56. The summed E-state index contributed by atoms with van der Waals surface area (Å²) >= 11 is 0. The number of hydrogen-bond acceptors (Lipinski definition) is 5. The van der Waals surface area contributed by atoms with E-state index in [0.717, 1.165) is 5.65 Å². The van der Waals surface area contributed by atoms with Crippen molar-refractivity contribution in [1.82, 2.24) is 19.9 Å². The highest BCUT2D eigenvalue weighted by molar-refractivity contribution is 5.95. The topological polar surface area (TPSA) is 77.8 Å². The Morgan fingerprint density at radius 1 is 1.22 bits per heavy atom. The normalized spacial score (nSPS) is 14.0. The molecule has 116 valence electrons. The van der Waals surface area contributed by atoms with E-state index in [4.69, 9.17) is 9.47 Å². The van der Waals surface area contributed by atoms with E-state index in [1.165, 1.54) is 0 Å². The molecule has 4 rings (SSSR count). The zero-order valence-corrected chi connectivity index (χ0v) is 12.4. The summed E-state index contributed by atoms with van der Waals surface area (Å²) in [6.45, 7) is 2.05. The van der Waals surface area contributed by atoms with Gasteiger partial charge in [0.25, 0.3) is 5.91 Å². The van der Waals surface area contributed by atoms with Crippen molar-refractivity contribution in [2.75, 3.05) is 6.79 Å². The predicted octanol–water partition coefficient (Wildman–Crippen LogP) is 1.95. The van der Waals surface area contributed by atoms with Crippen molar-refractivity contribution in [2.45, 2.75) is 13.0 Å². The maximum absolute atomic E-state index is 12.4. The Kier molecular flexibility index (Phi) is 3.11. The monoisotopic (exact) mass is 310 g/mol. The summed E-state index contributed by atoms with van der Waals surface area (Å²) in [5, 5.41) is 11.2. The number of pyridine rings is 1. The Hall–Kier alpha value is -3.09. The van der Waals surface area contributed by atoms with Crippen molar-refractivity contribution >= 4 is 11.6 Å². The van der Waals surface area contributed by atoms with Crippen LogP contribution in [0.2, 0.25) is 0 Å². The summed E-state index contributed by atoms with van der Waals surface area (Å²) in [6, 6.07) is 10.5. The molecule has 3 aromatic rings. The van der Waals surface area contributed by atoms with E-state index < -0.39 is 0 Å². The van der Waals surface area contributed by atoms with E-state index in [1.54, 1.807) is 18.2 Å². The van der Waals surface area contributed by atoms with Gasteiger partial charge < -0.3 is 14.8 Å². The minimum absolute atomic E-state index is 0.183. The second-order valence-electron chi connectivity index (χ2n) is 5.25. The van der Waals surface area contributed by atoms with Gasteiger partial charge in [0, 0.05) is 11.8 Å². The summed E-state index contributed by atoms with van der Waals surface area (Å²) in [6.07, 6.45) is 1.87. The summed E-state index contributed by atoms with van der Waals surface area (Å²) < 4.78 is 12.4. The summed E-state index contributed by atoms with van der Waals surface area (Å²) in [4.78, 5) is 12.4. The molecule has 0 saturated heterocycles. The first-order valence-corrected chi connectivity index (χ1v) is 7.22. The van der Waals surface area contributed by atoms with Crippen molar-refractivity contribution < 1.29 is 14.3 Å². The third kappa shape index (κ3) is 2.36. The number of carbonyl (C=O) groups is 1. The van der Waals surface area contributed by atoms with Gasteiger partial charge in [-0.25, -0.2) is 0 Å². The fourth-order valence-corrected chi connectivity index (χ4v) is 2.54. The van der Waals surface area contributed by atoms with Gasteiger partial charge in [0.1, 0.15) is 0 Å². The van der Waals surface area contributed by atoms with Gasteiger partial charge in [0.05, 0.1) is 6.04 Å². The van der Waals surface area contributed by atoms with Crippen LogP contribution in [0.5, 0.6) is 11.5 Å². The first-order chi connectivity index (χ1) is 11.2. The third-order valence-electron chi connectivity index (χ3n) is 3.71. The molecular formula is C16H14N4O3. The maximum Gasteiger partial charge on any atom is 0.252 e. The Morgan fingerprint density at radius 3 is 3.00 bits per heavy atom. The van der Waals surface area contributed by atoms with Crippen LogP contribution >= 0.6 is 0 Å². The Bertz CT molecular complexity index is 890. The van der Waals surface area contributed by atoms with E-state index in [2.05, 4.69) is 15.5 Å². The lowest BCUT2D eigenvalue weighted by Gasteiger charge is -2.12. The minimum atomic E-state index is -0.287. The second-order valence-corrected chi connectivity index (χ2v) is 5.25. The highest BCUT2D eigenvalue weighted by Crippen LogP contribution is 2.32. The van der Waals surface area contributed by atoms with Gasteiger partial charge in [-0.3, -0.25) is 9.20 Å². The molecule has 23 heavy (non-hydrogen) atoms. The van der Waals surface area contributed by atoms with Gasteiger partial charge >= 0.3 is 0 Å². The van der Waals surface area contributed by atoms with Crippen molar-refractivity contribution in [1.29, 1.82) is 0 Å². The molecule has 1 aromatic carbocycles. The first-order valence-electron chi connectivity index (χ1n) is 7.22. The number of carbonyl (C=O) groups excluding carboxylic acids is 1. The van der Waals surface area contributed by atoms with Crippen LogP contribution < -0.4 is 14.8 Å². The zero-order valence-electron chi connectivity index (χ0n) is 12.4. The number of fused-ring (bicyclic) bond motifs is 2.